The number of amides is 1. The Bertz CT molecular complexity index is 1010. The van der Waals surface area contributed by atoms with Crippen molar-refractivity contribution >= 4 is 46.2 Å². The number of halogens is 1. The van der Waals surface area contributed by atoms with E-state index in [-0.39, 0.29) is 5.76 Å². The van der Waals surface area contributed by atoms with Crippen LogP contribution >= 0.6 is 23.4 Å². The number of nitrogens with one attached hydrogen (secondary N) is 1. The Morgan fingerprint density at radius 3 is 2.50 bits per heavy atom. The summed E-state index contributed by atoms with van der Waals surface area (Å²) >= 11 is 7.47. The SMILES string of the molecule is CSCCC(NC(=O)c1oc2cc(-c3ccc(Cl)cc3)ccc2c1C)C(=O)O. The van der Waals surface area contributed by atoms with Crippen LogP contribution in [0.1, 0.15) is 22.5 Å². The van der Waals surface area contributed by atoms with Crippen molar-refractivity contribution in [2.24, 2.45) is 0 Å². The molecule has 0 saturated carbocycles. The molecule has 0 fully saturated rings. The van der Waals surface area contributed by atoms with Gasteiger partial charge < -0.3 is 14.8 Å². The lowest BCUT2D eigenvalue weighted by atomic mass is 10.0. The number of benzene rings is 2. The van der Waals surface area contributed by atoms with Gasteiger partial charge in [-0.05, 0) is 54.7 Å². The normalized spacial score (nSPS) is 12.1. The molecule has 0 aliphatic heterocycles. The molecular formula is C21H20ClNO4S. The minimum absolute atomic E-state index is 0.138. The fourth-order valence-corrected chi connectivity index (χ4v) is 3.58. The van der Waals surface area contributed by atoms with Gasteiger partial charge in [0.1, 0.15) is 11.6 Å². The van der Waals surface area contributed by atoms with Crippen LogP contribution in [-0.4, -0.2) is 35.0 Å². The predicted molar refractivity (Wildman–Crippen MR) is 113 cm³/mol. The van der Waals surface area contributed by atoms with E-state index in [9.17, 15) is 14.7 Å². The lowest BCUT2D eigenvalue weighted by molar-refractivity contribution is -0.139. The van der Waals surface area contributed by atoms with Gasteiger partial charge in [0.25, 0.3) is 5.91 Å². The zero-order valence-corrected chi connectivity index (χ0v) is 17.1. The lowest BCUT2D eigenvalue weighted by Gasteiger charge is -2.13. The first-order chi connectivity index (χ1) is 13.4. The molecule has 1 heterocycles. The molecule has 1 atom stereocenters. The molecule has 2 N–H and O–H groups in total. The van der Waals surface area contributed by atoms with Crippen LogP contribution < -0.4 is 5.32 Å². The fraction of sp³-hybridized carbons (Fsp3) is 0.238. The molecule has 1 unspecified atom stereocenters. The van der Waals surface area contributed by atoms with E-state index in [2.05, 4.69) is 5.32 Å². The molecule has 0 bridgehead atoms. The van der Waals surface area contributed by atoms with Crippen molar-refractivity contribution in [1.29, 1.82) is 0 Å². The van der Waals surface area contributed by atoms with Crippen LogP contribution in [0.2, 0.25) is 5.02 Å². The van der Waals surface area contributed by atoms with Crippen LogP contribution in [0.3, 0.4) is 0 Å². The third-order valence-electron chi connectivity index (χ3n) is 4.54. The minimum Gasteiger partial charge on any atom is -0.480 e. The highest BCUT2D eigenvalue weighted by atomic mass is 35.5. The van der Waals surface area contributed by atoms with Crippen LogP contribution in [0.5, 0.6) is 0 Å². The highest BCUT2D eigenvalue weighted by Crippen LogP contribution is 2.30. The van der Waals surface area contributed by atoms with Crippen molar-refractivity contribution < 1.29 is 19.1 Å². The number of aliphatic carboxylic acids is 1. The summed E-state index contributed by atoms with van der Waals surface area (Å²) in [5.74, 6) is -0.795. The van der Waals surface area contributed by atoms with Crippen LogP contribution in [-0.2, 0) is 4.79 Å². The topological polar surface area (TPSA) is 79.5 Å². The molecule has 0 aliphatic carbocycles. The van der Waals surface area contributed by atoms with Crippen molar-refractivity contribution in [3.63, 3.8) is 0 Å². The number of rotatable bonds is 7. The highest BCUT2D eigenvalue weighted by Gasteiger charge is 2.24. The van der Waals surface area contributed by atoms with Gasteiger partial charge in [-0.1, -0.05) is 35.9 Å². The summed E-state index contributed by atoms with van der Waals surface area (Å²) in [6, 6.07) is 12.2. The smallest absolute Gasteiger partial charge is 0.326 e. The number of carbonyl (C=O) groups excluding carboxylic acids is 1. The second-order valence-electron chi connectivity index (χ2n) is 6.42. The molecule has 0 saturated heterocycles. The Hall–Kier alpha value is -2.44. The Kier molecular flexibility index (Phi) is 6.31. The number of carboxylic acid groups (broad SMARTS) is 1. The van der Waals surface area contributed by atoms with Gasteiger partial charge in [0.15, 0.2) is 5.76 Å². The summed E-state index contributed by atoms with van der Waals surface area (Å²) in [4.78, 5) is 24.0. The largest absolute Gasteiger partial charge is 0.480 e. The molecule has 28 heavy (non-hydrogen) atoms. The van der Waals surface area contributed by atoms with Gasteiger partial charge in [-0.25, -0.2) is 4.79 Å². The standard InChI is InChI=1S/C21H20ClNO4S/c1-12-16-8-5-14(13-3-6-15(22)7-4-13)11-18(16)27-19(12)20(24)23-17(21(25)26)9-10-28-2/h3-8,11,17H,9-10H2,1-2H3,(H,23,24)(H,25,26). The molecule has 1 amide bonds. The van der Waals surface area contributed by atoms with Crippen molar-refractivity contribution in [3.05, 3.63) is 58.8 Å². The van der Waals surface area contributed by atoms with Gasteiger partial charge in [-0.15, -0.1) is 0 Å². The molecular weight excluding hydrogens is 398 g/mol. The summed E-state index contributed by atoms with van der Waals surface area (Å²) in [5.41, 5.74) is 3.18. The number of fused-ring (bicyclic) bond motifs is 1. The Morgan fingerprint density at radius 2 is 1.86 bits per heavy atom. The van der Waals surface area contributed by atoms with Gasteiger partial charge in [-0.3, -0.25) is 4.79 Å². The van der Waals surface area contributed by atoms with Gasteiger partial charge >= 0.3 is 5.97 Å². The Balaban J connectivity index is 1.89. The molecule has 3 rings (SSSR count). The summed E-state index contributed by atoms with van der Waals surface area (Å²) in [6.07, 6.45) is 2.24. The van der Waals surface area contributed by atoms with E-state index in [4.69, 9.17) is 16.0 Å². The summed E-state index contributed by atoms with van der Waals surface area (Å²) < 4.78 is 5.80. The van der Waals surface area contributed by atoms with Crippen LogP contribution in [0.25, 0.3) is 22.1 Å². The molecule has 3 aromatic rings. The monoisotopic (exact) mass is 417 g/mol. The van der Waals surface area contributed by atoms with E-state index in [0.29, 0.717) is 28.3 Å². The minimum atomic E-state index is -1.05. The lowest BCUT2D eigenvalue weighted by Crippen LogP contribution is -2.41. The average molecular weight is 418 g/mol. The Morgan fingerprint density at radius 1 is 1.18 bits per heavy atom. The van der Waals surface area contributed by atoms with Crippen LogP contribution in [0, 0.1) is 6.92 Å². The first-order valence-corrected chi connectivity index (χ1v) is 10.5. The molecule has 0 radical (unpaired) electrons. The second kappa shape index (κ2) is 8.71. The molecule has 0 aliphatic rings. The van der Waals surface area contributed by atoms with Gasteiger partial charge in [0.2, 0.25) is 0 Å². The molecule has 2 aromatic carbocycles. The number of hydrogen-bond donors (Lipinski definition) is 2. The quantitative estimate of drug-likeness (QED) is 0.565. The molecule has 5 nitrogen and oxygen atoms in total. The zero-order chi connectivity index (χ0) is 20.3. The second-order valence-corrected chi connectivity index (χ2v) is 7.84. The number of carbonyl (C=O) groups is 2. The first-order valence-electron chi connectivity index (χ1n) is 8.72. The fourth-order valence-electron chi connectivity index (χ4n) is 2.98. The van der Waals surface area contributed by atoms with E-state index < -0.39 is 17.9 Å². The van der Waals surface area contributed by atoms with E-state index in [1.165, 1.54) is 11.8 Å². The predicted octanol–water partition coefficient (Wildman–Crippen LogP) is 5.00. The number of aryl methyl sites for hydroxylation is 1. The van der Waals surface area contributed by atoms with E-state index >= 15 is 0 Å². The number of carboxylic acids is 1. The number of furan rings is 1. The zero-order valence-electron chi connectivity index (χ0n) is 15.5. The molecule has 146 valence electrons. The molecule has 7 heteroatoms. The molecule has 0 spiro atoms. The third kappa shape index (κ3) is 4.34. The summed E-state index contributed by atoms with van der Waals surface area (Å²) in [6.45, 7) is 1.79. The maximum atomic E-state index is 12.6. The van der Waals surface area contributed by atoms with Gasteiger partial charge in [0.05, 0.1) is 0 Å². The van der Waals surface area contributed by atoms with Crippen molar-refractivity contribution in [2.75, 3.05) is 12.0 Å². The number of thioether (sulfide) groups is 1. The Labute approximate surface area is 172 Å². The maximum absolute atomic E-state index is 12.6. The van der Waals surface area contributed by atoms with E-state index in [1.807, 2.05) is 48.7 Å². The third-order valence-corrected chi connectivity index (χ3v) is 5.43. The summed E-state index contributed by atoms with van der Waals surface area (Å²) in [7, 11) is 0. The average Bonchev–Trinajstić information content (AvgIpc) is 3.01. The van der Waals surface area contributed by atoms with Crippen molar-refractivity contribution in [3.8, 4) is 11.1 Å². The van der Waals surface area contributed by atoms with E-state index in [0.717, 1.165) is 16.5 Å². The highest BCUT2D eigenvalue weighted by molar-refractivity contribution is 7.98. The first kappa shape index (κ1) is 20.3. The van der Waals surface area contributed by atoms with Crippen LogP contribution in [0.4, 0.5) is 0 Å². The van der Waals surface area contributed by atoms with Crippen LogP contribution in [0.15, 0.2) is 46.9 Å². The van der Waals surface area contributed by atoms with Gasteiger partial charge in [-0.2, -0.15) is 11.8 Å². The van der Waals surface area contributed by atoms with E-state index in [1.54, 1.807) is 6.92 Å². The van der Waals surface area contributed by atoms with Gasteiger partial charge in [0, 0.05) is 16.0 Å². The molecule has 1 aromatic heterocycles. The van der Waals surface area contributed by atoms with Crippen molar-refractivity contribution in [1.82, 2.24) is 5.32 Å². The summed E-state index contributed by atoms with van der Waals surface area (Å²) in [5, 5.41) is 13.4. The van der Waals surface area contributed by atoms with Crippen molar-refractivity contribution in [2.45, 2.75) is 19.4 Å². The number of hydrogen-bond acceptors (Lipinski definition) is 4. The maximum Gasteiger partial charge on any atom is 0.326 e.